The first kappa shape index (κ1) is 39.4. The summed E-state index contributed by atoms with van der Waals surface area (Å²) in [4.78, 5) is 43.0. The second-order valence-corrected chi connectivity index (χ2v) is 18.4. The smallest absolute Gasteiger partial charge is 0.249 e. The first-order valence-electron chi connectivity index (χ1n) is 18.4. The van der Waals surface area contributed by atoms with E-state index in [1.54, 1.807) is 16.9 Å². The Morgan fingerprint density at radius 1 is 1.08 bits per heavy atom. The molecule has 0 spiro atoms. The average molecular weight is 734 g/mol. The second-order valence-electron chi connectivity index (χ2n) is 14.3. The van der Waals surface area contributed by atoms with E-state index in [9.17, 15) is 24.6 Å². The minimum atomic E-state index is -3.00. The fourth-order valence-electron chi connectivity index (χ4n) is 7.53. The zero-order valence-electron chi connectivity index (χ0n) is 31.1. The number of unbranched alkanes of at least 4 members (excludes halogenated alkanes) is 1. The van der Waals surface area contributed by atoms with Crippen LogP contribution in [0, 0.1) is 5.92 Å². The molecule has 3 aromatic carbocycles. The molecule has 0 saturated carbocycles. The van der Waals surface area contributed by atoms with E-state index in [2.05, 4.69) is 5.32 Å². The van der Waals surface area contributed by atoms with Crippen molar-refractivity contribution < 1.29 is 38.8 Å². The lowest BCUT2D eigenvalue weighted by Gasteiger charge is -2.44. The summed E-state index contributed by atoms with van der Waals surface area (Å²) in [6.07, 6.45) is 1.03. The SMILES string of the molecule is CCOc1ccc2c(c1)CC(NCCCCO)C(=O)N2c1ccc2c(c1)[C@H](OC)[C@@H](C)[C@H](C(CC(=O)N(CCO)Cc1ccccc1)[Si](C)(C)O)O2. The van der Waals surface area contributed by atoms with Gasteiger partial charge in [0, 0.05) is 55.9 Å². The lowest BCUT2D eigenvalue weighted by Crippen LogP contribution is -2.50. The number of benzene rings is 3. The van der Waals surface area contributed by atoms with Crippen LogP contribution in [0.4, 0.5) is 11.4 Å². The predicted molar refractivity (Wildman–Crippen MR) is 203 cm³/mol. The number of carbonyl (C=O) groups excluding carboxylic acids is 2. The number of hydrogen-bond donors (Lipinski definition) is 4. The average Bonchev–Trinajstić information content (AvgIpc) is 3.12. The molecule has 4 N–H and O–H groups in total. The number of hydrogen-bond acceptors (Lipinski definition) is 9. The third-order valence-corrected chi connectivity index (χ3v) is 12.6. The molecule has 2 aliphatic rings. The molecule has 12 heteroatoms. The first-order chi connectivity index (χ1) is 25.0. The normalized spacial score (nSPS) is 20.5. The van der Waals surface area contributed by atoms with Gasteiger partial charge in [-0.25, -0.2) is 0 Å². The zero-order chi connectivity index (χ0) is 37.4. The van der Waals surface area contributed by atoms with Crippen molar-refractivity contribution in [1.82, 2.24) is 10.2 Å². The molecule has 0 radical (unpaired) electrons. The summed E-state index contributed by atoms with van der Waals surface area (Å²) >= 11 is 0. The van der Waals surface area contributed by atoms with E-state index in [1.165, 1.54) is 0 Å². The highest BCUT2D eigenvalue weighted by Crippen LogP contribution is 2.48. The van der Waals surface area contributed by atoms with Crippen molar-refractivity contribution in [1.29, 1.82) is 0 Å². The van der Waals surface area contributed by atoms with E-state index in [0.717, 1.165) is 34.5 Å². The van der Waals surface area contributed by atoms with Crippen LogP contribution in [0.15, 0.2) is 66.7 Å². The summed E-state index contributed by atoms with van der Waals surface area (Å²) in [7, 11) is -1.35. The van der Waals surface area contributed by atoms with Gasteiger partial charge in [0.15, 0.2) is 8.32 Å². The Kier molecular flexibility index (Phi) is 13.5. The molecule has 5 rings (SSSR count). The molecule has 0 bridgehead atoms. The molecular formula is C40H55N3O8Si. The topological polar surface area (TPSA) is 141 Å². The molecule has 2 heterocycles. The molecule has 2 aliphatic heterocycles. The number of anilines is 2. The molecule has 3 aromatic rings. The largest absolute Gasteiger partial charge is 0.494 e. The predicted octanol–water partition coefficient (Wildman–Crippen LogP) is 5.10. The van der Waals surface area contributed by atoms with Crippen LogP contribution >= 0.6 is 0 Å². The van der Waals surface area contributed by atoms with Gasteiger partial charge in [-0.2, -0.15) is 0 Å². The fraction of sp³-hybridized carbons (Fsp3) is 0.500. The highest BCUT2D eigenvalue weighted by Gasteiger charge is 2.48. The Labute approximate surface area is 308 Å². The maximum absolute atomic E-state index is 14.2. The van der Waals surface area contributed by atoms with E-state index in [4.69, 9.17) is 14.2 Å². The number of carbonyl (C=O) groups is 2. The van der Waals surface area contributed by atoms with Crippen LogP contribution in [-0.4, -0.2) is 92.2 Å². The Balaban J connectivity index is 1.45. The number of aliphatic hydroxyl groups is 2. The van der Waals surface area contributed by atoms with Gasteiger partial charge in [-0.1, -0.05) is 37.3 Å². The van der Waals surface area contributed by atoms with Crippen LogP contribution in [0.3, 0.4) is 0 Å². The maximum atomic E-state index is 14.2. The van der Waals surface area contributed by atoms with Gasteiger partial charge in [-0.3, -0.25) is 14.5 Å². The van der Waals surface area contributed by atoms with Crippen molar-refractivity contribution >= 4 is 31.5 Å². The van der Waals surface area contributed by atoms with Crippen molar-refractivity contribution in [2.75, 3.05) is 44.9 Å². The Morgan fingerprint density at radius 2 is 1.85 bits per heavy atom. The molecule has 0 aliphatic carbocycles. The minimum Gasteiger partial charge on any atom is -0.494 e. The van der Waals surface area contributed by atoms with Crippen LogP contribution in [-0.2, 0) is 27.3 Å². The molecule has 0 saturated heterocycles. The number of nitrogens with zero attached hydrogens (tertiary/aromatic N) is 2. The number of ether oxygens (including phenoxy) is 3. The number of aliphatic hydroxyl groups excluding tert-OH is 2. The third-order valence-electron chi connectivity index (χ3n) is 10.2. The van der Waals surface area contributed by atoms with Gasteiger partial charge in [0.1, 0.15) is 17.6 Å². The Bertz CT molecular complexity index is 1650. The van der Waals surface area contributed by atoms with E-state index < -0.39 is 32.1 Å². The van der Waals surface area contributed by atoms with Crippen LogP contribution in [0.25, 0.3) is 0 Å². The van der Waals surface area contributed by atoms with Gasteiger partial charge in [0.05, 0.1) is 31.0 Å². The quantitative estimate of drug-likeness (QED) is 0.110. The molecule has 282 valence electrons. The summed E-state index contributed by atoms with van der Waals surface area (Å²) in [5, 5.41) is 22.5. The first-order valence-corrected chi connectivity index (χ1v) is 21.4. The van der Waals surface area contributed by atoms with Gasteiger partial charge in [0.25, 0.3) is 0 Å². The summed E-state index contributed by atoms with van der Waals surface area (Å²) < 4.78 is 18.7. The number of amides is 2. The van der Waals surface area contributed by atoms with Crippen LogP contribution in [0.1, 0.15) is 55.9 Å². The fourth-order valence-corrected chi connectivity index (χ4v) is 9.38. The lowest BCUT2D eigenvalue weighted by molar-refractivity contribution is -0.133. The number of nitrogens with one attached hydrogen (secondary N) is 1. The molecule has 0 aromatic heterocycles. The van der Waals surface area contributed by atoms with E-state index in [-0.39, 0.29) is 43.9 Å². The standard InChI is InChI=1S/C40H55N3O8Si/c1-6-50-31-15-16-34-29(22-31)23-33(41-18-10-11-20-44)40(47)43(34)30-14-17-35-32(24-30)38(49-3)27(2)39(51-35)36(52(4,5)48)25-37(46)42(19-21-45)26-28-12-8-7-9-13-28/h7-9,12-17,22,24,27,33,36,38-39,41,44-45,48H,6,10-11,18-21,23,25-26H2,1-5H3/t27-,33?,36?,38-,39-/m1/s1. The van der Waals surface area contributed by atoms with Crippen molar-refractivity contribution in [3.05, 3.63) is 83.4 Å². The monoisotopic (exact) mass is 733 g/mol. The van der Waals surface area contributed by atoms with Crippen molar-refractivity contribution in [3.63, 3.8) is 0 Å². The highest BCUT2D eigenvalue weighted by molar-refractivity contribution is 6.71. The van der Waals surface area contributed by atoms with Gasteiger partial charge < -0.3 is 39.4 Å². The Morgan fingerprint density at radius 3 is 2.52 bits per heavy atom. The highest BCUT2D eigenvalue weighted by atomic mass is 28.4. The lowest BCUT2D eigenvalue weighted by atomic mass is 9.86. The van der Waals surface area contributed by atoms with E-state index >= 15 is 0 Å². The molecule has 2 unspecified atom stereocenters. The molecular weight excluding hydrogens is 679 g/mol. The van der Waals surface area contributed by atoms with Gasteiger partial charge in [-0.05, 0) is 93.4 Å². The van der Waals surface area contributed by atoms with Crippen LogP contribution in [0.5, 0.6) is 11.5 Å². The van der Waals surface area contributed by atoms with Crippen molar-refractivity contribution in [2.24, 2.45) is 5.92 Å². The summed E-state index contributed by atoms with van der Waals surface area (Å²) in [5.74, 6) is 0.852. The third kappa shape index (κ3) is 9.04. The summed E-state index contributed by atoms with van der Waals surface area (Å²) in [6, 6.07) is 20.7. The van der Waals surface area contributed by atoms with Gasteiger partial charge >= 0.3 is 0 Å². The minimum absolute atomic E-state index is 0.0664. The molecule has 11 nitrogen and oxygen atoms in total. The van der Waals surface area contributed by atoms with Gasteiger partial charge in [-0.15, -0.1) is 0 Å². The summed E-state index contributed by atoms with van der Waals surface area (Å²) in [5.41, 5.74) is 3.73. The Hall–Kier alpha value is -3.78. The second kappa shape index (κ2) is 17.8. The number of methoxy groups -OCH3 is 1. The number of rotatable bonds is 17. The zero-order valence-corrected chi connectivity index (χ0v) is 32.1. The van der Waals surface area contributed by atoms with E-state index in [1.807, 2.05) is 93.7 Å². The van der Waals surface area contributed by atoms with E-state index in [0.29, 0.717) is 44.0 Å². The van der Waals surface area contributed by atoms with Crippen molar-refractivity contribution in [3.8, 4) is 11.5 Å². The molecule has 5 atom stereocenters. The molecule has 0 fully saturated rings. The van der Waals surface area contributed by atoms with Crippen LogP contribution < -0.4 is 19.7 Å². The maximum Gasteiger partial charge on any atom is 0.249 e. The molecule has 52 heavy (non-hydrogen) atoms. The summed E-state index contributed by atoms with van der Waals surface area (Å²) in [6.45, 7) is 9.25. The number of fused-ring (bicyclic) bond motifs is 2. The van der Waals surface area contributed by atoms with Crippen LogP contribution in [0.2, 0.25) is 18.6 Å². The molecule has 2 amide bonds. The van der Waals surface area contributed by atoms with Gasteiger partial charge in [0.2, 0.25) is 11.8 Å². The van der Waals surface area contributed by atoms with Crippen molar-refractivity contribution in [2.45, 2.75) is 83.0 Å².